The molecule has 0 saturated carbocycles. The van der Waals surface area contributed by atoms with Crippen LogP contribution in [-0.4, -0.2) is 34.3 Å². The molecule has 0 aliphatic carbocycles. The monoisotopic (exact) mass is 430 g/mol. The van der Waals surface area contributed by atoms with E-state index in [1.165, 1.54) is 22.9 Å². The first-order chi connectivity index (χ1) is 13.1. The fourth-order valence-electron chi connectivity index (χ4n) is 3.30. The number of rotatable bonds is 3. The number of hydrogen-bond acceptors (Lipinski definition) is 4. The lowest BCUT2D eigenvalue weighted by Crippen LogP contribution is -2.47. The van der Waals surface area contributed by atoms with Crippen LogP contribution < -0.4 is 16.1 Å². The predicted octanol–water partition coefficient (Wildman–Crippen LogP) is 2.85. The Balaban J connectivity index is 0.00000300. The Morgan fingerprint density at radius 2 is 2.03 bits per heavy atom. The molecule has 0 spiro atoms. The third-order valence-electron chi connectivity index (χ3n) is 4.70. The number of carbonyl (C=O) groups excluding carboxylic acids is 1. The highest BCUT2D eigenvalue weighted by Crippen LogP contribution is 2.30. The molecule has 1 aliphatic rings. The highest BCUT2D eigenvalue weighted by Gasteiger charge is 2.31. The molecule has 10 heteroatoms. The summed E-state index contributed by atoms with van der Waals surface area (Å²) in [5.41, 5.74) is -1.29. The maximum absolute atomic E-state index is 13.0. The molecule has 29 heavy (non-hydrogen) atoms. The Bertz CT molecular complexity index is 946. The average molecular weight is 431 g/mol. The summed E-state index contributed by atoms with van der Waals surface area (Å²) in [5.74, 6) is -0.621. The van der Waals surface area contributed by atoms with Crippen molar-refractivity contribution in [2.75, 3.05) is 6.54 Å². The number of nitrogens with zero attached hydrogens (tertiary/aromatic N) is 2. The summed E-state index contributed by atoms with van der Waals surface area (Å²) in [7, 11) is 0. The summed E-state index contributed by atoms with van der Waals surface area (Å²) in [4.78, 5) is 24.8. The summed E-state index contributed by atoms with van der Waals surface area (Å²) in [6.45, 7) is 4.30. The average Bonchev–Trinajstić information content (AvgIpc) is 2.61. The second-order valence-electron chi connectivity index (χ2n) is 7.01. The van der Waals surface area contributed by atoms with Crippen molar-refractivity contribution in [2.45, 2.75) is 44.9 Å². The van der Waals surface area contributed by atoms with Gasteiger partial charge in [-0.3, -0.25) is 9.59 Å². The van der Waals surface area contributed by atoms with Crippen LogP contribution in [0.3, 0.4) is 0 Å². The van der Waals surface area contributed by atoms with Crippen LogP contribution in [0.15, 0.2) is 35.1 Å². The van der Waals surface area contributed by atoms with E-state index in [1.54, 1.807) is 6.92 Å². The van der Waals surface area contributed by atoms with Gasteiger partial charge in [0.05, 0.1) is 11.3 Å². The van der Waals surface area contributed by atoms with E-state index in [0.29, 0.717) is 5.69 Å². The van der Waals surface area contributed by atoms with E-state index in [4.69, 9.17) is 0 Å². The smallest absolute Gasteiger partial charge is 0.348 e. The second kappa shape index (κ2) is 8.96. The number of alkyl halides is 3. The van der Waals surface area contributed by atoms with Gasteiger partial charge in [-0.15, -0.1) is 12.4 Å². The van der Waals surface area contributed by atoms with Crippen LogP contribution in [-0.2, 0) is 6.18 Å². The largest absolute Gasteiger partial charge is 0.416 e. The van der Waals surface area contributed by atoms with Crippen LogP contribution in [0.1, 0.15) is 41.5 Å². The molecular weight excluding hydrogens is 409 g/mol. The molecule has 2 aromatic rings. The molecule has 0 bridgehead atoms. The third-order valence-corrected chi connectivity index (χ3v) is 4.70. The van der Waals surface area contributed by atoms with Gasteiger partial charge in [0.2, 0.25) is 5.43 Å². The number of nitrogens with one attached hydrogen (secondary N) is 2. The number of aryl methyl sites for hydroxylation is 1. The minimum atomic E-state index is -4.51. The molecule has 2 unspecified atom stereocenters. The zero-order valence-electron chi connectivity index (χ0n) is 15.9. The first-order valence-corrected chi connectivity index (χ1v) is 8.98. The van der Waals surface area contributed by atoms with Crippen LogP contribution in [0, 0.1) is 6.92 Å². The van der Waals surface area contributed by atoms with Crippen LogP contribution in [0.5, 0.6) is 0 Å². The summed E-state index contributed by atoms with van der Waals surface area (Å²) in [6, 6.07) is 5.94. The molecule has 1 saturated heterocycles. The molecule has 0 radical (unpaired) electrons. The normalized spacial score (nSPS) is 19.3. The lowest BCUT2D eigenvalue weighted by molar-refractivity contribution is -0.137. The van der Waals surface area contributed by atoms with Gasteiger partial charge in [0, 0.05) is 23.8 Å². The highest BCUT2D eigenvalue weighted by molar-refractivity contribution is 5.92. The minimum Gasteiger partial charge on any atom is -0.348 e. The predicted molar refractivity (Wildman–Crippen MR) is 105 cm³/mol. The van der Waals surface area contributed by atoms with Crippen LogP contribution >= 0.6 is 12.4 Å². The van der Waals surface area contributed by atoms with Gasteiger partial charge >= 0.3 is 6.18 Å². The van der Waals surface area contributed by atoms with E-state index in [9.17, 15) is 22.8 Å². The van der Waals surface area contributed by atoms with Gasteiger partial charge in [-0.25, -0.2) is 4.68 Å². The highest BCUT2D eigenvalue weighted by atomic mass is 35.5. The van der Waals surface area contributed by atoms with E-state index in [2.05, 4.69) is 15.7 Å². The first-order valence-electron chi connectivity index (χ1n) is 8.98. The zero-order valence-corrected chi connectivity index (χ0v) is 16.7. The number of amides is 1. The number of hydrogen-bond donors (Lipinski definition) is 2. The van der Waals surface area contributed by atoms with Crippen molar-refractivity contribution in [3.05, 3.63) is 57.5 Å². The molecule has 1 aromatic heterocycles. The van der Waals surface area contributed by atoms with Gasteiger partial charge in [0.25, 0.3) is 5.91 Å². The van der Waals surface area contributed by atoms with Crippen molar-refractivity contribution >= 4 is 18.3 Å². The molecule has 1 aromatic carbocycles. The van der Waals surface area contributed by atoms with Crippen molar-refractivity contribution in [1.82, 2.24) is 20.4 Å². The van der Waals surface area contributed by atoms with Gasteiger partial charge < -0.3 is 10.6 Å². The zero-order chi connectivity index (χ0) is 20.5. The molecule has 1 aliphatic heterocycles. The molecule has 158 valence electrons. The van der Waals surface area contributed by atoms with Crippen molar-refractivity contribution in [3.8, 4) is 5.69 Å². The summed E-state index contributed by atoms with van der Waals surface area (Å²) >= 11 is 0. The molecule has 2 N–H and O–H groups in total. The maximum Gasteiger partial charge on any atom is 0.416 e. The second-order valence-corrected chi connectivity index (χ2v) is 7.01. The Morgan fingerprint density at radius 3 is 2.69 bits per heavy atom. The van der Waals surface area contributed by atoms with Crippen LogP contribution in [0.2, 0.25) is 0 Å². The van der Waals surface area contributed by atoms with Gasteiger partial charge in [-0.1, -0.05) is 6.07 Å². The van der Waals surface area contributed by atoms with Crippen LogP contribution in [0.25, 0.3) is 5.69 Å². The van der Waals surface area contributed by atoms with E-state index in [0.717, 1.165) is 31.5 Å². The number of carbonyl (C=O) groups is 1. The van der Waals surface area contributed by atoms with Gasteiger partial charge in [-0.2, -0.15) is 18.3 Å². The van der Waals surface area contributed by atoms with Gasteiger partial charge in [0.1, 0.15) is 0 Å². The summed E-state index contributed by atoms with van der Waals surface area (Å²) < 4.78 is 40.2. The number of piperidine rings is 1. The summed E-state index contributed by atoms with van der Waals surface area (Å²) in [6.07, 6.45) is -3.06. The molecule has 1 amide bonds. The summed E-state index contributed by atoms with van der Waals surface area (Å²) in [5, 5.41) is 10.1. The van der Waals surface area contributed by atoms with Gasteiger partial charge in [-0.05, 0) is 51.4 Å². The van der Waals surface area contributed by atoms with Crippen molar-refractivity contribution in [3.63, 3.8) is 0 Å². The Kier molecular flexibility index (Phi) is 7.07. The topological polar surface area (TPSA) is 76.0 Å². The molecule has 2 heterocycles. The number of benzene rings is 1. The SMILES string of the molecule is Cc1cc(=O)c(C(=O)NC2CCNC(C)C2)nn1-c1cccc(C(F)(F)F)c1.Cl. The molecule has 1 fully saturated rings. The Hall–Kier alpha value is -2.39. The Morgan fingerprint density at radius 1 is 1.31 bits per heavy atom. The fraction of sp³-hybridized carbons (Fsp3) is 0.421. The molecular formula is C19H22ClF3N4O2. The van der Waals surface area contributed by atoms with E-state index >= 15 is 0 Å². The van der Waals surface area contributed by atoms with Crippen LogP contribution in [0.4, 0.5) is 13.2 Å². The van der Waals surface area contributed by atoms with Crippen molar-refractivity contribution in [2.24, 2.45) is 0 Å². The standard InChI is InChI=1S/C19H21F3N4O2.ClH/c1-11-8-14(6-7-23-11)24-18(28)17-16(27)9-12(2)26(25-17)15-5-3-4-13(10-15)19(20,21)22;/h3-5,9-11,14,23H,6-8H2,1-2H3,(H,24,28);1H. The van der Waals surface area contributed by atoms with E-state index in [1.807, 2.05) is 6.92 Å². The Labute approximate surface area is 171 Å². The van der Waals surface area contributed by atoms with Gasteiger partial charge in [0.15, 0.2) is 5.69 Å². The lowest BCUT2D eigenvalue weighted by Gasteiger charge is -2.28. The molecule has 2 atom stereocenters. The van der Waals surface area contributed by atoms with Crippen molar-refractivity contribution < 1.29 is 18.0 Å². The minimum absolute atomic E-state index is 0. The number of halogens is 4. The van der Waals surface area contributed by atoms with E-state index < -0.39 is 23.1 Å². The number of aromatic nitrogens is 2. The first kappa shape index (κ1) is 22.9. The molecule has 3 rings (SSSR count). The van der Waals surface area contributed by atoms with Crippen molar-refractivity contribution in [1.29, 1.82) is 0 Å². The van der Waals surface area contributed by atoms with E-state index in [-0.39, 0.29) is 35.9 Å². The lowest BCUT2D eigenvalue weighted by atomic mass is 10.0. The molecule has 6 nitrogen and oxygen atoms in total. The maximum atomic E-state index is 13.0. The quantitative estimate of drug-likeness (QED) is 0.785. The fourth-order valence-corrected chi connectivity index (χ4v) is 3.30. The third kappa shape index (κ3) is 5.36.